The van der Waals surface area contributed by atoms with Gasteiger partial charge < -0.3 is 5.32 Å². The largest absolute Gasteiger partial charge is 0.383 e. The summed E-state index contributed by atoms with van der Waals surface area (Å²) in [5, 5.41) is 3.95. The SMILES string of the molecule is Cc1ncc(I)c(=O)n1CCNc1ccc(Cl)cc1. The fraction of sp³-hybridized carbons (Fsp3) is 0.231. The first-order valence-electron chi connectivity index (χ1n) is 5.79. The van der Waals surface area contributed by atoms with Crippen LogP contribution in [0.3, 0.4) is 0 Å². The fourth-order valence-electron chi connectivity index (χ4n) is 1.69. The van der Waals surface area contributed by atoms with Crippen LogP contribution in [0.5, 0.6) is 0 Å². The first-order valence-corrected chi connectivity index (χ1v) is 7.25. The number of nitrogens with zero attached hydrogens (tertiary/aromatic N) is 2. The number of hydrogen-bond acceptors (Lipinski definition) is 3. The lowest BCUT2D eigenvalue weighted by molar-refractivity contribution is 0.648. The predicted molar refractivity (Wildman–Crippen MR) is 85.9 cm³/mol. The lowest BCUT2D eigenvalue weighted by atomic mass is 10.3. The number of hydrogen-bond donors (Lipinski definition) is 1. The van der Waals surface area contributed by atoms with E-state index in [1.54, 1.807) is 10.8 Å². The smallest absolute Gasteiger partial charge is 0.266 e. The summed E-state index contributed by atoms with van der Waals surface area (Å²) in [6, 6.07) is 7.47. The van der Waals surface area contributed by atoms with Gasteiger partial charge >= 0.3 is 0 Å². The van der Waals surface area contributed by atoms with E-state index in [9.17, 15) is 4.79 Å². The highest BCUT2D eigenvalue weighted by Crippen LogP contribution is 2.12. The minimum atomic E-state index is 0.00556. The van der Waals surface area contributed by atoms with Crippen LogP contribution in [0.2, 0.25) is 5.02 Å². The first kappa shape index (κ1) is 14.3. The summed E-state index contributed by atoms with van der Waals surface area (Å²) in [6.07, 6.45) is 1.60. The summed E-state index contributed by atoms with van der Waals surface area (Å²) in [7, 11) is 0. The zero-order chi connectivity index (χ0) is 13.8. The zero-order valence-electron chi connectivity index (χ0n) is 10.4. The van der Waals surface area contributed by atoms with E-state index < -0.39 is 0 Å². The lowest BCUT2D eigenvalue weighted by Gasteiger charge is -2.11. The van der Waals surface area contributed by atoms with E-state index in [0.717, 1.165) is 11.5 Å². The topological polar surface area (TPSA) is 46.9 Å². The van der Waals surface area contributed by atoms with Crippen molar-refractivity contribution >= 4 is 39.9 Å². The van der Waals surface area contributed by atoms with Crippen molar-refractivity contribution in [1.82, 2.24) is 9.55 Å². The standard InChI is InChI=1S/C13H13ClIN3O/c1-9-17-8-12(15)13(19)18(9)7-6-16-11-4-2-10(14)3-5-11/h2-5,8,16H,6-7H2,1H3. The molecule has 0 aliphatic heterocycles. The Morgan fingerprint density at radius 3 is 2.74 bits per heavy atom. The first-order chi connectivity index (χ1) is 9.08. The quantitative estimate of drug-likeness (QED) is 0.818. The molecule has 0 atom stereocenters. The number of aromatic nitrogens is 2. The van der Waals surface area contributed by atoms with E-state index in [0.29, 0.717) is 21.7 Å². The second-order valence-electron chi connectivity index (χ2n) is 4.04. The number of benzene rings is 1. The second kappa shape index (κ2) is 6.38. The zero-order valence-corrected chi connectivity index (χ0v) is 13.3. The maximum atomic E-state index is 11.9. The van der Waals surface area contributed by atoms with E-state index in [-0.39, 0.29) is 5.56 Å². The second-order valence-corrected chi connectivity index (χ2v) is 5.64. The summed E-state index contributed by atoms with van der Waals surface area (Å²) in [4.78, 5) is 16.1. The van der Waals surface area contributed by atoms with Crippen molar-refractivity contribution in [3.8, 4) is 0 Å². The molecule has 0 aliphatic carbocycles. The molecule has 0 spiro atoms. The summed E-state index contributed by atoms with van der Waals surface area (Å²) in [5.41, 5.74) is 0.986. The van der Waals surface area contributed by atoms with Crippen LogP contribution in [-0.2, 0) is 6.54 Å². The highest BCUT2D eigenvalue weighted by Gasteiger charge is 2.04. The Morgan fingerprint density at radius 1 is 1.37 bits per heavy atom. The van der Waals surface area contributed by atoms with Gasteiger partial charge in [-0.3, -0.25) is 9.36 Å². The van der Waals surface area contributed by atoms with E-state index in [1.807, 2.05) is 53.8 Å². The predicted octanol–water partition coefficient (Wildman–Crippen LogP) is 2.92. The number of anilines is 1. The molecule has 0 aliphatic rings. The highest BCUT2D eigenvalue weighted by molar-refractivity contribution is 14.1. The Hall–Kier alpha value is -1.08. The van der Waals surface area contributed by atoms with E-state index >= 15 is 0 Å². The van der Waals surface area contributed by atoms with Gasteiger partial charge in [0.2, 0.25) is 0 Å². The molecule has 0 saturated heterocycles. The number of aryl methyl sites for hydroxylation is 1. The summed E-state index contributed by atoms with van der Waals surface area (Å²) < 4.78 is 2.31. The van der Waals surface area contributed by atoms with Gasteiger partial charge in [-0.1, -0.05) is 11.6 Å². The van der Waals surface area contributed by atoms with Crippen molar-refractivity contribution in [1.29, 1.82) is 0 Å². The molecule has 6 heteroatoms. The molecule has 1 heterocycles. The normalized spacial score (nSPS) is 10.5. The van der Waals surface area contributed by atoms with Crippen LogP contribution < -0.4 is 10.9 Å². The lowest BCUT2D eigenvalue weighted by Crippen LogP contribution is -2.28. The number of nitrogens with one attached hydrogen (secondary N) is 1. The van der Waals surface area contributed by atoms with Crippen LogP contribution in [0, 0.1) is 10.5 Å². The molecular weight excluding hydrogens is 377 g/mol. The highest BCUT2D eigenvalue weighted by atomic mass is 127. The third-order valence-corrected chi connectivity index (χ3v) is 3.71. The molecule has 1 aromatic carbocycles. The van der Waals surface area contributed by atoms with Crippen molar-refractivity contribution in [3.63, 3.8) is 0 Å². The Bertz CT molecular complexity index is 625. The maximum Gasteiger partial charge on any atom is 0.266 e. The molecule has 19 heavy (non-hydrogen) atoms. The molecule has 0 radical (unpaired) electrons. The van der Waals surface area contributed by atoms with Crippen LogP contribution in [0.4, 0.5) is 5.69 Å². The van der Waals surface area contributed by atoms with Gasteiger partial charge in [-0.05, 0) is 53.8 Å². The van der Waals surface area contributed by atoms with Crippen LogP contribution in [-0.4, -0.2) is 16.1 Å². The van der Waals surface area contributed by atoms with Crippen molar-refractivity contribution in [2.24, 2.45) is 0 Å². The van der Waals surface area contributed by atoms with Crippen molar-refractivity contribution < 1.29 is 0 Å². The van der Waals surface area contributed by atoms with Gasteiger partial charge in [0.1, 0.15) is 5.82 Å². The summed E-state index contributed by atoms with van der Waals surface area (Å²) in [6.45, 7) is 3.07. The minimum Gasteiger partial charge on any atom is -0.383 e. The van der Waals surface area contributed by atoms with Gasteiger partial charge in [0.05, 0.1) is 3.57 Å². The molecule has 4 nitrogen and oxygen atoms in total. The van der Waals surface area contributed by atoms with Crippen LogP contribution in [0.25, 0.3) is 0 Å². The molecule has 0 amide bonds. The van der Waals surface area contributed by atoms with Gasteiger partial charge in [-0.25, -0.2) is 4.98 Å². The Kier molecular flexibility index (Phi) is 4.81. The van der Waals surface area contributed by atoms with Crippen LogP contribution in [0.1, 0.15) is 5.82 Å². The molecule has 2 rings (SSSR count). The van der Waals surface area contributed by atoms with Crippen LogP contribution in [0.15, 0.2) is 35.3 Å². The Balaban J connectivity index is 2.02. The number of rotatable bonds is 4. The maximum absolute atomic E-state index is 11.9. The molecule has 0 bridgehead atoms. The monoisotopic (exact) mass is 389 g/mol. The van der Waals surface area contributed by atoms with Crippen LogP contribution >= 0.6 is 34.2 Å². The van der Waals surface area contributed by atoms with E-state index in [4.69, 9.17) is 11.6 Å². The molecule has 1 N–H and O–H groups in total. The van der Waals surface area contributed by atoms with Gasteiger partial charge in [0.25, 0.3) is 5.56 Å². The summed E-state index contributed by atoms with van der Waals surface area (Å²) in [5.74, 6) is 0.725. The molecule has 0 saturated carbocycles. The van der Waals surface area contributed by atoms with Crippen molar-refractivity contribution in [2.45, 2.75) is 13.5 Å². The summed E-state index contributed by atoms with van der Waals surface area (Å²) >= 11 is 7.82. The number of halogens is 2. The van der Waals surface area contributed by atoms with Gasteiger partial charge in [0, 0.05) is 30.0 Å². The average molecular weight is 390 g/mol. The molecule has 1 aromatic heterocycles. The molecule has 0 unspecified atom stereocenters. The van der Waals surface area contributed by atoms with E-state index in [1.165, 1.54) is 0 Å². The van der Waals surface area contributed by atoms with Gasteiger partial charge in [0.15, 0.2) is 0 Å². The molecule has 100 valence electrons. The van der Waals surface area contributed by atoms with Gasteiger partial charge in [-0.2, -0.15) is 0 Å². The average Bonchev–Trinajstić information content (AvgIpc) is 2.40. The Labute approximate surface area is 130 Å². The third-order valence-electron chi connectivity index (χ3n) is 2.71. The molecule has 2 aromatic rings. The van der Waals surface area contributed by atoms with Gasteiger partial charge in [-0.15, -0.1) is 0 Å². The fourth-order valence-corrected chi connectivity index (χ4v) is 2.25. The molecule has 0 fully saturated rings. The third kappa shape index (κ3) is 3.70. The van der Waals surface area contributed by atoms with Crippen molar-refractivity contribution in [3.05, 3.63) is 55.2 Å². The Morgan fingerprint density at radius 2 is 2.05 bits per heavy atom. The van der Waals surface area contributed by atoms with E-state index in [2.05, 4.69) is 10.3 Å². The molecular formula is C13H13ClIN3O. The minimum absolute atomic E-state index is 0.00556. The van der Waals surface area contributed by atoms with Crippen molar-refractivity contribution in [2.75, 3.05) is 11.9 Å².